The Morgan fingerprint density at radius 2 is 2.10 bits per heavy atom. The van der Waals surface area contributed by atoms with Crippen LogP contribution < -0.4 is 5.32 Å². The van der Waals surface area contributed by atoms with Crippen molar-refractivity contribution in [2.75, 3.05) is 32.1 Å². The maximum absolute atomic E-state index is 9.90. The standard InChI is InChI=1S/C15H31NO3S/c1-4-20-15-7-5-6-14(15)16-10-13(17)11-18-8-9-19-12(2)3/h12-17H,4-11H2,1-3H3. The number of hydrogen-bond acceptors (Lipinski definition) is 5. The van der Waals surface area contributed by atoms with Crippen LogP contribution in [0.25, 0.3) is 0 Å². The summed E-state index contributed by atoms with van der Waals surface area (Å²) in [5, 5.41) is 14.1. The molecular formula is C15H31NO3S. The lowest BCUT2D eigenvalue weighted by molar-refractivity contribution is -0.0104. The summed E-state index contributed by atoms with van der Waals surface area (Å²) in [5.74, 6) is 1.17. The largest absolute Gasteiger partial charge is 0.389 e. The minimum Gasteiger partial charge on any atom is -0.389 e. The van der Waals surface area contributed by atoms with Crippen molar-refractivity contribution < 1.29 is 14.6 Å². The van der Waals surface area contributed by atoms with E-state index in [1.54, 1.807) is 0 Å². The molecule has 1 rings (SSSR count). The minimum absolute atomic E-state index is 0.237. The number of aliphatic hydroxyl groups is 1. The molecule has 0 aromatic heterocycles. The molecule has 1 aliphatic rings. The highest BCUT2D eigenvalue weighted by Gasteiger charge is 2.26. The second kappa shape index (κ2) is 10.9. The van der Waals surface area contributed by atoms with E-state index in [1.807, 2.05) is 25.6 Å². The van der Waals surface area contributed by atoms with Crippen LogP contribution in [0.4, 0.5) is 0 Å². The van der Waals surface area contributed by atoms with Crippen LogP contribution in [0.5, 0.6) is 0 Å². The molecule has 0 amide bonds. The Balaban J connectivity index is 2.03. The van der Waals surface area contributed by atoms with Gasteiger partial charge in [0.1, 0.15) is 0 Å². The molecule has 1 fully saturated rings. The molecular weight excluding hydrogens is 274 g/mol. The third-order valence-electron chi connectivity index (χ3n) is 3.44. The Kier molecular flexibility index (Phi) is 9.90. The molecule has 5 heteroatoms. The first-order valence-electron chi connectivity index (χ1n) is 7.85. The van der Waals surface area contributed by atoms with E-state index in [9.17, 15) is 5.11 Å². The average Bonchev–Trinajstić information content (AvgIpc) is 2.83. The van der Waals surface area contributed by atoms with Crippen molar-refractivity contribution in [2.45, 2.75) is 63.5 Å². The molecule has 0 radical (unpaired) electrons. The molecule has 1 saturated carbocycles. The second-order valence-corrected chi connectivity index (χ2v) is 7.10. The van der Waals surface area contributed by atoms with Crippen molar-refractivity contribution >= 4 is 11.8 Å². The Labute approximate surface area is 128 Å². The smallest absolute Gasteiger partial charge is 0.0897 e. The van der Waals surface area contributed by atoms with Crippen LogP contribution >= 0.6 is 11.8 Å². The zero-order valence-corrected chi connectivity index (χ0v) is 14.0. The van der Waals surface area contributed by atoms with Crippen LogP contribution in [0.2, 0.25) is 0 Å². The van der Waals surface area contributed by atoms with E-state index in [-0.39, 0.29) is 6.10 Å². The van der Waals surface area contributed by atoms with Gasteiger partial charge in [-0.25, -0.2) is 0 Å². The number of ether oxygens (including phenoxy) is 2. The van der Waals surface area contributed by atoms with Crippen LogP contribution in [0.15, 0.2) is 0 Å². The van der Waals surface area contributed by atoms with Gasteiger partial charge in [-0.2, -0.15) is 11.8 Å². The van der Waals surface area contributed by atoms with Gasteiger partial charge in [-0.1, -0.05) is 13.3 Å². The number of nitrogens with one attached hydrogen (secondary N) is 1. The molecule has 2 N–H and O–H groups in total. The van der Waals surface area contributed by atoms with E-state index >= 15 is 0 Å². The number of hydrogen-bond donors (Lipinski definition) is 2. The maximum Gasteiger partial charge on any atom is 0.0897 e. The molecule has 0 saturated heterocycles. The highest BCUT2D eigenvalue weighted by molar-refractivity contribution is 7.99. The van der Waals surface area contributed by atoms with Crippen LogP contribution in [0.3, 0.4) is 0 Å². The number of aliphatic hydroxyl groups excluding tert-OH is 1. The fourth-order valence-electron chi connectivity index (χ4n) is 2.48. The Bertz CT molecular complexity index is 241. The topological polar surface area (TPSA) is 50.7 Å². The zero-order valence-electron chi connectivity index (χ0n) is 13.1. The first-order chi connectivity index (χ1) is 9.63. The number of thioether (sulfide) groups is 1. The average molecular weight is 305 g/mol. The molecule has 20 heavy (non-hydrogen) atoms. The van der Waals surface area contributed by atoms with Gasteiger partial charge < -0.3 is 19.9 Å². The van der Waals surface area contributed by atoms with Gasteiger partial charge in [0.25, 0.3) is 0 Å². The van der Waals surface area contributed by atoms with Gasteiger partial charge in [0.15, 0.2) is 0 Å². The highest BCUT2D eigenvalue weighted by atomic mass is 32.2. The first-order valence-corrected chi connectivity index (χ1v) is 8.90. The van der Waals surface area contributed by atoms with Gasteiger partial charge in [0.05, 0.1) is 32.0 Å². The quantitative estimate of drug-likeness (QED) is 0.572. The monoisotopic (exact) mass is 305 g/mol. The molecule has 0 bridgehead atoms. The Morgan fingerprint density at radius 3 is 2.80 bits per heavy atom. The predicted molar refractivity (Wildman–Crippen MR) is 85.5 cm³/mol. The summed E-state index contributed by atoms with van der Waals surface area (Å²) in [4.78, 5) is 0. The zero-order chi connectivity index (χ0) is 14.8. The predicted octanol–water partition coefficient (Wildman–Crippen LogP) is 2.05. The molecule has 3 atom stereocenters. The second-order valence-electron chi connectivity index (χ2n) is 5.59. The summed E-state index contributed by atoms with van der Waals surface area (Å²) >= 11 is 2.03. The Hall–Kier alpha value is 0.190. The third-order valence-corrected chi connectivity index (χ3v) is 4.76. The van der Waals surface area contributed by atoms with Crippen molar-refractivity contribution in [2.24, 2.45) is 0 Å². The molecule has 4 nitrogen and oxygen atoms in total. The summed E-state index contributed by atoms with van der Waals surface area (Å²) in [7, 11) is 0. The van der Waals surface area contributed by atoms with Gasteiger partial charge in [0.2, 0.25) is 0 Å². The van der Waals surface area contributed by atoms with Crippen molar-refractivity contribution in [1.82, 2.24) is 5.32 Å². The fourth-order valence-corrected chi connectivity index (χ4v) is 3.71. The van der Waals surface area contributed by atoms with Gasteiger partial charge >= 0.3 is 0 Å². The molecule has 0 spiro atoms. The van der Waals surface area contributed by atoms with E-state index in [0.717, 1.165) is 0 Å². The summed E-state index contributed by atoms with van der Waals surface area (Å²) < 4.78 is 10.8. The van der Waals surface area contributed by atoms with Crippen molar-refractivity contribution in [3.63, 3.8) is 0 Å². The Morgan fingerprint density at radius 1 is 1.30 bits per heavy atom. The van der Waals surface area contributed by atoms with E-state index in [1.165, 1.54) is 25.0 Å². The van der Waals surface area contributed by atoms with Gasteiger partial charge in [-0.3, -0.25) is 0 Å². The lowest BCUT2D eigenvalue weighted by atomic mass is 10.2. The third kappa shape index (κ3) is 7.84. The molecule has 0 aromatic carbocycles. The molecule has 1 aliphatic carbocycles. The minimum atomic E-state index is -0.429. The van der Waals surface area contributed by atoms with Crippen LogP contribution in [-0.4, -0.2) is 60.7 Å². The first kappa shape index (κ1) is 18.2. The van der Waals surface area contributed by atoms with E-state index < -0.39 is 6.10 Å². The van der Waals surface area contributed by atoms with E-state index in [0.29, 0.717) is 37.7 Å². The van der Waals surface area contributed by atoms with Crippen molar-refractivity contribution in [1.29, 1.82) is 0 Å². The van der Waals surface area contributed by atoms with Crippen LogP contribution in [0.1, 0.15) is 40.0 Å². The van der Waals surface area contributed by atoms with E-state index in [4.69, 9.17) is 9.47 Å². The van der Waals surface area contributed by atoms with Gasteiger partial charge in [0, 0.05) is 17.8 Å². The summed E-state index contributed by atoms with van der Waals surface area (Å²) in [6.07, 6.45) is 3.64. The summed E-state index contributed by atoms with van der Waals surface area (Å²) in [6, 6.07) is 0.555. The highest BCUT2D eigenvalue weighted by Crippen LogP contribution is 2.29. The molecule has 0 aromatic rings. The normalized spacial score (nSPS) is 24.4. The van der Waals surface area contributed by atoms with Gasteiger partial charge in [-0.05, 0) is 32.4 Å². The molecule has 0 aliphatic heterocycles. The number of rotatable bonds is 11. The van der Waals surface area contributed by atoms with E-state index in [2.05, 4.69) is 12.2 Å². The molecule has 0 heterocycles. The van der Waals surface area contributed by atoms with Crippen LogP contribution in [-0.2, 0) is 9.47 Å². The lowest BCUT2D eigenvalue weighted by Crippen LogP contribution is -2.40. The summed E-state index contributed by atoms with van der Waals surface area (Å²) in [5.41, 5.74) is 0. The summed E-state index contributed by atoms with van der Waals surface area (Å²) in [6.45, 7) is 8.37. The molecule has 3 unspecified atom stereocenters. The van der Waals surface area contributed by atoms with Gasteiger partial charge in [-0.15, -0.1) is 0 Å². The molecule has 120 valence electrons. The lowest BCUT2D eigenvalue weighted by Gasteiger charge is -2.22. The fraction of sp³-hybridized carbons (Fsp3) is 1.00. The SMILES string of the molecule is CCSC1CCCC1NCC(O)COCCOC(C)C. The van der Waals surface area contributed by atoms with Crippen LogP contribution in [0, 0.1) is 0 Å². The van der Waals surface area contributed by atoms with Crippen molar-refractivity contribution in [3.05, 3.63) is 0 Å². The maximum atomic E-state index is 9.90. The van der Waals surface area contributed by atoms with Crippen molar-refractivity contribution in [3.8, 4) is 0 Å².